The largest absolute Gasteiger partial charge is 0.377 e. The van der Waals surface area contributed by atoms with Crippen LogP contribution in [0.3, 0.4) is 0 Å². The van der Waals surface area contributed by atoms with Gasteiger partial charge in [-0.15, -0.1) is 0 Å². The molecule has 2 rings (SSSR count). The quantitative estimate of drug-likeness (QED) is 0.697. The zero-order chi connectivity index (χ0) is 11.4. The van der Waals surface area contributed by atoms with E-state index in [0.717, 1.165) is 19.7 Å². The number of nitrogens with zero attached hydrogens (tertiary/aromatic N) is 1. The smallest absolute Gasteiger partial charge is 0.0702 e. The van der Waals surface area contributed by atoms with E-state index in [2.05, 4.69) is 27.8 Å². The van der Waals surface area contributed by atoms with Crippen LogP contribution in [0.25, 0.3) is 0 Å². The lowest BCUT2D eigenvalue weighted by atomic mass is 9.70. The molecule has 2 fully saturated rings. The Kier molecular flexibility index (Phi) is 4.68. The third-order valence-corrected chi connectivity index (χ3v) is 5.38. The van der Waals surface area contributed by atoms with E-state index in [0.29, 0.717) is 11.5 Å². The molecule has 1 heterocycles. The van der Waals surface area contributed by atoms with Gasteiger partial charge in [0.05, 0.1) is 6.10 Å². The molecule has 0 bridgehead atoms. The van der Waals surface area contributed by atoms with Crippen LogP contribution in [0.5, 0.6) is 0 Å². The molecule has 0 aromatic rings. The van der Waals surface area contributed by atoms with Crippen LogP contribution in [-0.2, 0) is 4.74 Å². The Morgan fingerprint density at radius 1 is 1.38 bits per heavy atom. The van der Waals surface area contributed by atoms with Crippen molar-refractivity contribution in [3.8, 4) is 0 Å². The van der Waals surface area contributed by atoms with Gasteiger partial charge in [-0.3, -0.25) is 0 Å². The first kappa shape index (κ1) is 12.8. The average Bonchev–Trinajstić information content (AvgIpc) is 2.74. The van der Waals surface area contributed by atoms with Gasteiger partial charge < -0.3 is 9.64 Å². The van der Waals surface area contributed by atoms with E-state index >= 15 is 0 Å². The molecular formula is C13H24BrNO. The van der Waals surface area contributed by atoms with Crippen LogP contribution >= 0.6 is 15.9 Å². The Labute approximate surface area is 108 Å². The zero-order valence-corrected chi connectivity index (χ0v) is 12.0. The molecule has 2 aliphatic rings. The third kappa shape index (κ3) is 2.99. The van der Waals surface area contributed by atoms with Gasteiger partial charge in [0.1, 0.15) is 0 Å². The molecule has 0 spiro atoms. The number of alkyl halides is 1. The Hall–Kier alpha value is 0.400. The van der Waals surface area contributed by atoms with E-state index in [9.17, 15) is 0 Å². The predicted octanol–water partition coefficient (Wildman–Crippen LogP) is 3.05. The second kappa shape index (κ2) is 5.83. The van der Waals surface area contributed by atoms with Crippen molar-refractivity contribution in [3.63, 3.8) is 0 Å². The number of rotatable bonds is 6. The van der Waals surface area contributed by atoms with Crippen molar-refractivity contribution in [2.75, 3.05) is 31.6 Å². The molecular weight excluding hydrogens is 266 g/mol. The van der Waals surface area contributed by atoms with E-state index in [-0.39, 0.29) is 0 Å². The van der Waals surface area contributed by atoms with E-state index in [1.165, 1.54) is 44.0 Å². The maximum absolute atomic E-state index is 5.73. The van der Waals surface area contributed by atoms with Crippen molar-refractivity contribution >= 4 is 15.9 Å². The Morgan fingerprint density at radius 2 is 2.19 bits per heavy atom. The Balaban J connectivity index is 1.79. The van der Waals surface area contributed by atoms with Crippen LogP contribution in [-0.4, -0.2) is 42.6 Å². The molecule has 1 saturated heterocycles. The van der Waals surface area contributed by atoms with Gasteiger partial charge in [0, 0.05) is 25.0 Å². The normalized spacial score (nSPS) is 28.3. The van der Waals surface area contributed by atoms with E-state index in [4.69, 9.17) is 4.74 Å². The third-order valence-electron chi connectivity index (χ3n) is 4.19. The lowest BCUT2D eigenvalue weighted by molar-refractivity contribution is 0.0399. The standard InChI is InChI=1S/C13H24BrNO/c1-2-15(9-12-5-3-8-16-12)11-13(10-14)6-4-7-13/h12H,2-11H2,1H3. The van der Waals surface area contributed by atoms with E-state index in [1.807, 2.05) is 0 Å². The number of likely N-dealkylation sites (N-methyl/N-ethyl adjacent to an activating group) is 1. The number of hydrogen-bond donors (Lipinski definition) is 0. The van der Waals surface area contributed by atoms with Gasteiger partial charge in [-0.2, -0.15) is 0 Å². The molecule has 94 valence electrons. The van der Waals surface area contributed by atoms with Gasteiger partial charge in [0.25, 0.3) is 0 Å². The van der Waals surface area contributed by atoms with Crippen LogP contribution in [0, 0.1) is 5.41 Å². The zero-order valence-electron chi connectivity index (χ0n) is 10.4. The van der Waals surface area contributed by atoms with E-state index in [1.54, 1.807) is 0 Å². The van der Waals surface area contributed by atoms with Crippen molar-refractivity contribution in [2.45, 2.75) is 45.1 Å². The summed E-state index contributed by atoms with van der Waals surface area (Å²) in [6, 6.07) is 0. The van der Waals surface area contributed by atoms with Crippen LogP contribution in [0.4, 0.5) is 0 Å². The van der Waals surface area contributed by atoms with Crippen LogP contribution < -0.4 is 0 Å². The first-order valence-corrected chi connectivity index (χ1v) is 7.80. The lowest BCUT2D eigenvalue weighted by Gasteiger charge is -2.44. The first-order valence-electron chi connectivity index (χ1n) is 6.68. The van der Waals surface area contributed by atoms with Crippen molar-refractivity contribution < 1.29 is 4.74 Å². The lowest BCUT2D eigenvalue weighted by Crippen LogP contribution is -2.45. The summed E-state index contributed by atoms with van der Waals surface area (Å²) >= 11 is 3.70. The minimum atomic E-state index is 0.507. The monoisotopic (exact) mass is 289 g/mol. The van der Waals surface area contributed by atoms with Crippen LogP contribution in [0.2, 0.25) is 0 Å². The topological polar surface area (TPSA) is 12.5 Å². The van der Waals surface area contributed by atoms with Crippen molar-refractivity contribution in [2.24, 2.45) is 5.41 Å². The molecule has 1 unspecified atom stereocenters. The summed E-state index contributed by atoms with van der Waals surface area (Å²) < 4.78 is 5.73. The van der Waals surface area contributed by atoms with Crippen molar-refractivity contribution in [1.29, 1.82) is 0 Å². The molecule has 2 nitrogen and oxygen atoms in total. The maximum Gasteiger partial charge on any atom is 0.0702 e. The highest BCUT2D eigenvalue weighted by molar-refractivity contribution is 9.09. The van der Waals surface area contributed by atoms with Crippen LogP contribution in [0.15, 0.2) is 0 Å². The highest BCUT2D eigenvalue weighted by Crippen LogP contribution is 2.43. The van der Waals surface area contributed by atoms with E-state index < -0.39 is 0 Å². The summed E-state index contributed by atoms with van der Waals surface area (Å²) in [5.41, 5.74) is 0.578. The fourth-order valence-electron chi connectivity index (χ4n) is 2.87. The summed E-state index contributed by atoms with van der Waals surface area (Å²) in [5.74, 6) is 0. The minimum absolute atomic E-state index is 0.507. The molecule has 0 radical (unpaired) electrons. The second-order valence-electron chi connectivity index (χ2n) is 5.45. The van der Waals surface area contributed by atoms with Gasteiger partial charge in [-0.1, -0.05) is 29.3 Å². The molecule has 1 aliphatic carbocycles. The first-order chi connectivity index (χ1) is 7.78. The summed E-state index contributed by atoms with van der Waals surface area (Å²) in [6.45, 7) is 6.82. The van der Waals surface area contributed by atoms with Gasteiger partial charge in [0.2, 0.25) is 0 Å². The number of hydrogen-bond acceptors (Lipinski definition) is 2. The van der Waals surface area contributed by atoms with Crippen molar-refractivity contribution in [3.05, 3.63) is 0 Å². The Bertz CT molecular complexity index is 206. The summed E-state index contributed by atoms with van der Waals surface area (Å²) in [7, 11) is 0. The molecule has 0 aromatic heterocycles. The highest BCUT2D eigenvalue weighted by Gasteiger charge is 2.37. The van der Waals surface area contributed by atoms with Crippen molar-refractivity contribution in [1.82, 2.24) is 4.90 Å². The molecule has 16 heavy (non-hydrogen) atoms. The highest BCUT2D eigenvalue weighted by atomic mass is 79.9. The second-order valence-corrected chi connectivity index (χ2v) is 6.01. The van der Waals surface area contributed by atoms with Gasteiger partial charge in [0.15, 0.2) is 0 Å². The summed E-state index contributed by atoms with van der Waals surface area (Å²) in [5, 5.41) is 1.17. The molecule has 3 heteroatoms. The van der Waals surface area contributed by atoms with Crippen LogP contribution in [0.1, 0.15) is 39.0 Å². The average molecular weight is 290 g/mol. The predicted molar refractivity (Wildman–Crippen MR) is 71.2 cm³/mol. The molecule has 0 aromatic carbocycles. The SMILES string of the molecule is CCN(CC1CCCO1)CC1(CBr)CCC1. The fourth-order valence-corrected chi connectivity index (χ4v) is 3.60. The molecule has 0 N–H and O–H groups in total. The summed E-state index contributed by atoms with van der Waals surface area (Å²) in [6.07, 6.45) is 7.25. The van der Waals surface area contributed by atoms with Gasteiger partial charge in [-0.25, -0.2) is 0 Å². The van der Waals surface area contributed by atoms with Gasteiger partial charge in [-0.05, 0) is 37.6 Å². The maximum atomic E-state index is 5.73. The minimum Gasteiger partial charge on any atom is -0.377 e. The molecule has 1 aliphatic heterocycles. The summed E-state index contributed by atoms with van der Waals surface area (Å²) in [4.78, 5) is 2.59. The van der Waals surface area contributed by atoms with Gasteiger partial charge >= 0.3 is 0 Å². The number of halogens is 1. The number of ether oxygens (including phenoxy) is 1. The fraction of sp³-hybridized carbons (Fsp3) is 1.00. The Morgan fingerprint density at radius 3 is 2.62 bits per heavy atom. The molecule has 1 saturated carbocycles. The molecule has 0 amide bonds. The molecule has 1 atom stereocenters.